The molecule has 0 atom stereocenters. The Balaban J connectivity index is 2.47. The third-order valence-electron chi connectivity index (χ3n) is 2.44. The van der Waals surface area contributed by atoms with Crippen LogP contribution in [0.1, 0.15) is 18.9 Å². The lowest BCUT2D eigenvalue weighted by Crippen LogP contribution is -2.24. The summed E-state index contributed by atoms with van der Waals surface area (Å²) in [6, 6.07) is 7.84. The first-order valence-corrected chi connectivity index (χ1v) is 5.39. The van der Waals surface area contributed by atoms with Gasteiger partial charge >= 0.3 is 0 Å². The number of hydrogen-bond acceptors (Lipinski definition) is 2. The van der Waals surface area contributed by atoms with E-state index >= 15 is 0 Å². The van der Waals surface area contributed by atoms with Gasteiger partial charge in [-0.3, -0.25) is 9.29 Å². The molecular weight excluding hydrogens is 191 g/mol. The molecule has 15 heavy (non-hydrogen) atoms. The highest BCUT2D eigenvalue weighted by molar-refractivity contribution is 5.39. The van der Waals surface area contributed by atoms with Crippen LogP contribution in [0.15, 0.2) is 24.3 Å². The van der Waals surface area contributed by atoms with Crippen molar-refractivity contribution in [3.05, 3.63) is 29.8 Å². The predicted molar refractivity (Wildman–Crippen MR) is 62.4 cm³/mol. The third-order valence-corrected chi connectivity index (χ3v) is 2.44. The molecule has 0 amide bonds. The second-order valence-corrected chi connectivity index (χ2v) is 3.65. The average Bonchev–Trinajstić information content (AvgIpc) is 2.27. The van der Waals surface area contributed by atoms with E-state index in [-0.39, 0.29) is 6.67 Å². The first-order chi connectivity index (χ1) is 7.26. The fourth-order valence-corrected chi connectivity index (χ4v) is 1.51. The van der Waals surface area contributed by atoms with Gasteiger partial charge in [-0.1, -0.05) is 19.1 Å². The van der Waals surface area contributed by atoms with Gasteiger partial charge in [-0.15, -0.1) is 0 Å². The standard InChI is InChI=1S/C12H19FN2/c1-2-15(9-3-8-13)10-11-4-6-12(14)7-5-11/h4-7H,2-3,8-10,14H2,1H3. The number of nitrogen functional groups attached to an aromatic ring is 1. The lowest BCUT2D eigenvalue weighted by molar-refractivity contribution is 0.263. The largest absolute Gasteiger partial charge is 0.399 e. The maximum Gasteiger partial charge on any atom is 0.0906 e. The molecule has 0 spiro atoms. The van der Waals surface area contributed by atoms with E-state index in [1.54, 1.807) is 0 Å². The van der Waals surface area contributed by atoms with Gasteiger partial charge in [0.1, 0.15) is 0 Å². The Morgan fingerprint density at radius 1 is 1.27 bits per heavy atom. The van der Waals surface area contributed by atoms with Crippen LogP contribution in [0.4, 0.5) is 10.1 Å². The van der Waals surface area contributed by atoms with E-state index in [0.717, 1.165) is 25.3 Å². The molecule has 1 rings (SSSR count). The zero-order chi connectivity index (χ0) is 11.1. The molecule has 0 aliphatic carbocycles. The number of benzene rings is 1. The first kappa shape index (κ1) is 12.0. The molecule has 0 aromatic heterocycles. The number of nitrogens with zero attached hydrogens (tertiary/aromatic N) is 1. The highest BCUT2D eigenvalue weighted by Crippen LogP contribution is 2.08. The zero-order valence-electron chi connectivity index (χ0n) is 9.25. The van der Waals surface area contributed by atoms with Crippen LogP contribution >= 0.6 is 0 Å². The smallest absolute Gasteiger partial charge is 0.0906 e. The van der Waals surface area contributed by atoms with E-state index in [1.807, 2.05) is 24.3 Å². The fourth-order valence-electron chi connectivity index (χ4n) is 1.51. The highest BCUT2D eigenvalue weighted by atomic mass is 19.1. The molecule has 3 heteroatoms. The molecule has 1 aromatic carbocycles. The van der Waals surface area contributed by atoms with Crippen molar-refractivity contribution in [1.29, 1.82) is 0 Å². The van der Waals surface area contributed by atoms with Crippen molar-refractivity contribution in [2.75, 3.05) is 25.5 Å². The summed E-state index contributed by atoms with van der Waals surface area (Å²) in [5, 5.41) is 0. The zero-order valence-corrected chi connectivity index (χ0v) is 9.25. The lowest BCUT2D eigenvalue weighted by Gasteiger charge is -2.19. The molecule has 1 aromatic rings. The average molecular weight is 210 g/mol. The molecule has 0 bridgehead atoms. The van der Waals surface area contributed by atoms with Crippen molar-refractivity contribution in [2.45, 2.75) is 19.9 Å². The Kier molecular flexibility index (Phi) is 5.12. The molecule has 0 aliphatic rings. The quantitative estimate of drug-likeness (QED) is 0.731. The number of hydrogen-bond donors (Lipinski definition) is 1. The number of alkyl halides is 1. The third kappa shape index (κ3) is 4.30. The van der Waals surface area contributed by atoms with Gasteiger partial charge in [-0.2, -0.15) is 0 Å². The second kappa shape index (κ2) is 6.40. The molecule has 0 heterocycles. The molecule has 0 unspecified atom stereocenters. The molecular formula is C12H19FN2. The van der Waals surface area contributed by atoms with Crippen LogP contribution in [-0.4, -0.2) is 24.7 Å². The van der Waals surface area contributed by atoms with E-state index in [4.69, 9.17) is 5.73 Å². The number of nitrogens with two attached hydrogens (primary N) is 1. The maximum atomic E-state index is 12.0. The van der Waals surface area contributed by atoms with E-state index in [0.29, 0.717) is 6.42 Å². The van der Waals surface area contributed by atoms with Gasteiger partial charge in [0.2, 0.25) is 0 Å². The van der Waals surface area contributed by atoms with Crippen LogP contribution in [0.3, 0.4) is 0 Å². The minimum absolute atomic E-state index is 0.238. The van der Waals surface area contributed by atoms with Crippen LogP contribution in [0.25, 0.3) is 0 Å². The minimum Gasteiger partial charge on any atom is -0.399 e. The monoisotopic (exact) mass is 210 g/mol. The van der Waals surface area contributed by atoms with Crippen LogP contribution in [-0.2, 0) is 6.54 Å². The van der Waals surface area contributed by atoms with Crippen molar-refractivity contribution in [3.8, 4) is 0 Å². The lowest BCUT2D eigenvalue weighted by atomic mass is 10.2. The Labute approximate surface area is 90.9 Å². The van der Waals surface area contributed by atoms with Gasteiger partial charge in [-0.05, 0) is 30.7 Å². The SMILES string of the molecule is CCN(CCCF)Cc1ccc(N)cc1. The van der Waals surface area contributed by atoms with E-state index in [1.165, 1.54) is 5.56 Å². The van der Waals surface area contributed by atoms with Gasteiger partial charge in [0.15, 0.2) is 0 Å². The topological polar surface area (TPSA) is 29.3 Å². The Bertz CT molecular complexity index is 271. The van der Waals surface area contributed by atoms with E-state index in [9.17, 15) is 4.39 Å². The van der Waals surface area contributed by atoms with Crippen molar-refractivity contribution in [3.63, 3.8) is 0 Å². The van der Waals surface area contributed by atoms with Crippen molar-refractivity contribution < 1.29 is 4.39 Å². The summed E-state index contributed by atoms with van der Waals surface area (Å²) >= 11 is 0. The summed E-state index contributed by atoms with van der Waals surface area (Å²) in [5.74, 6) is 0. The summed E-state index contributed by atoms with van der Waals surface area (Å²) in [6.45, 7) is 4.49. The molecule has 2 nitrogen and oxygen atoms in total. The van der Waals surface area contributed by atoms with Gasteiger partial charge in [-0.25, -0.2) is 0 Å². The minimum atomic E-state index is -0.238. The summed E-state index contributed by atoms with van der Waals surface area (Å²) in [6.07, 6.45) is 0.614. The van der Waals surface area contributed by atoms with Crippen LogP contribution in [0.2, 0.25) is 0 Å². The molecule has 0 saturated carbocycles. The van der Waals surface area contributed by atoms with Crippen LogP contribution in [0.5, 0.6) is 0 Å². The Morgan fingerprint density at radius 2 is 1.93 bits per heavy atom. The predicted octanol–water partition coefficient (Wildman–Crippen LogP) is 2.45. The molecule has 0 radical (unpaired) electrons. The van der Waals surface area contributed by atoms with E-state index in [2.05, 4.69) is 11.8 Å². The number of halogens is 1. The van der Waals surface area contributed by atoms with Crippen molar-refractivity contribution in [1.82, 2.24) is 4.90 Å². The van der Waals surface area contributed by atoms with Crippen molar-refractivity contribution >= 4 is 5.69 Å². The number of anilines is 1. The van der Waals surface area contributed by atoms with Gasteiger partial charge in [0.05, 0.1) is 6.67 Å². The summed E-state index contributed by atoms with van der Waals surface area (Å²) in [7, 11) is 0. The molecule has 0 saturated heterocycles. The number of rotatable bonds is 6. The van der Waals surface area contributed by atoms with E-state index < -0.39 is 0 Å². The van der Waals surface area contributed by atoms with Crippen LogP contribution in [0, 0.1) is 0 Å². The van der Waals surface area contributed by atoms with Crippen molar-refractivity contribution in [2.24, 2.45) is 0 Å². The van der Waals surface area contributed by atoms with Gasteiger partial charge in [0.25, 0.3) is 0 Å². The maximum absolute atomic E-state index is 12.0. The highest BCUT2D eigenvalue weighted by Gasteiger charge is 2.02. The first-order valence-electron chi connectivity index (χ1n) is 5.39. The molecule has 0 aliphatic heterocycles. The second-order valence-electron chi connectivity index (χ2n) is 3.65. The summed E-state index contributed by atoms with van der Waals surface area (Å²) in [4.78, 5) is 2.23. The van der Waals surface area contributed by atoms with Gasteiger partial charge in [0, 0.05) is 18.8 Å². The Hall–Kier alpha value is -1.09. The Morgan fingerprint density at radius 3 is 2.47 bits per heavy atom. The molecule has 2 N–H and O–H groups in total. The molecule has 84 valence electrons. The normalized spacial score (nSPS) is 10.9. The van der Waals surface area contributed by atoms with Crippen LogP contribution < -0.4 is 5.73 Å². The molecule has 0 fully saturated rings. The fraction of sp³-hybridized carbons (Fsp3) is 0.500. The van der Waals surface area contributed by atoms with Gasteiger partial charge < -0.3 is 5.73 Å². The summed E-state index contributed by atoms with van der Waals surface area (Å²) in [5.41, 5.74) is 7.62. The summed E-state index contributed by atoms with van der Waals surface area (Å²) < 4.78 is 12.0.